The monoisotopic (exact) mass is 344 g/mol. The van der Waals surface area contributed by atoms with Crippen molar-refractivity contribution in [1.82, 2.24) is 0 Å². The molecule has 21 heavy (non-hydrogen) atoms. The van der Waals surface area contributed by atoms with Crippen LogP contribution in [-0.4, -0.2) is 13.1 Å². The Morgan fingerprint density at radius 2 is 1.67 bits per heavy atom. The second-order valence-corrected chi connectivity index (χ2v) is 6.66. The molecule has 1 aliphatic rings. The van der Waals surface area contributed by atoms with E-state index < -0.39 is 0 Å². The van der Waals surface area contributed by atoms with Crippen molar-refractivity contribution in [3.8, 4) is 0 Å². The van der Waals surface area contributed by atoms with Gasteiger partial charge in [0, 0.05) is 29.3 Å². The van der Waals surface area contributed by atoms with Gasteiger partial charge >= 0.3 is 0 Å². The molecule has 3 rings (SSSR count). The highest BCUT2D eigenvalue weighted by molar-refractivity contribution is 9.10. The predicted molar refractivity (Wildman–Crippen MR) is 92.8 cm³/mol. The van der Waals surface area contributed by atoms with E-state index in [1.165, 1.54) is 22.4 Å². The van der Waals surface area contributed by atoms with Gasteiger partial charge in [-0.1, -0.05) is 40.2 Å². The molecule has 0 aliphatic carbocycles. The Labute approximate surface area is 135 Å². The number of anilines is 1. The average Bonchev–Trinajstić information content (AvgIpc) is 2.70. The largest absolute Gasteiger partial charge is 0.371 e. The third kappa shape index (κ3) is 3.14. The van der Waals surface area contributed by atoms with Crippen LogP contribution in [0.3, 0.4) is 0 Å². The van der Waals surface area contributed by atoms with E-state index in [2.05, 4.69) is 70.2 Å². The zero-order chi connectivity index (χ0) is 14.8. The Kier molecular flexibility index (Phi) is 4.32. The van der Waals surface area contributed by atoms with Crippen LogP contribution in [0.25, 0.3) is 0 Å². The first-order chi connectivity index (χ1) is 10.1. The second-order valence-electron chi connectivity index (χ2n) is 5.75. The van der Waals surface area contributed by atoms with Crippen LogP contribution in [0, 0.1) is 0 Å². The number of halogens is 1. The lowest BCUT2D eigenvalue weighted by molar-refractivity contribution is 0.767. The second kappa shape index (κ2) is 6.20. The molecule has 2 nitrogen and oxygen atoms in total. The molecule has 2 N–H and O–H groups in total. The van der Waals surface area contributed by atoms with Crippen LogP contribution in [0.1, 0.15) is 29.7 Å². The highest BCUT2D eigenvalue weighted by Gasteiger charge is 2.17. The zero-order valence-electron chi connectivity index (χ0n) is 12.3. The molecular formula is C18H21BrN2. The first-order valence-electron chi connectivity index (χ1n) is 7.52. The van der Waals surface area contributed by atoms with Crippen LogP contribution in [-0.2, 0) is 12.8 Å². The Morgan fingerprint density at radius 1 is 1.05 bits per heavy atom. The van der Waals surface area contributed by atoms with E-state index in [9.17, 15) is 0 Å². The summed E-state index contributed by atoms with van der Waals surface area (Å²) in [5.74, 6) is 0. The number of rotatable bonds is 2. The third-order valence-corrected chi connectivity index (χ3v) is 4.73. The molecule has 0 aromatic heterocycles. The third-order valence-electron chi connectivity index (χ3n) is 4.24. The molecular weight excluding hydrogens is 324 g/mol. The number of fused-ring (bicyclic) bond motifs is 1. The van der Waals surface area contributed by atoms with E-state index in [-0.39, 0.29) is 6.04 Å². The van der Waals surface area contributed by atoms with Gasteiger partial charge in [0.25, 0.3) is 0 Å². The topological polar surface area (TPSA) is 29.3 Å². The Hall–Kier alpha value is -1.32. The van der Waals surface area contributed by atoms with E-state index in [1.807, 2.05) is 0 Å². The number of hydrogen-bond acceptors (Lipinski definition) is 2. The van der Waals surface area contributed by atoms with E-state index >= 15 is 0 Å². The zero-order valence-corrected chi connectivity index (χ0v) is 13.9. The maximum atomic E-state index is 6.17. The van der Waals surface area contributed by atoms with Crippen molar-refractivity contribution in [2.45, 2.75) is 25.8 Å². The van der Waals surface area contributed by atoms with E-state index in [1.54, 1.807) is 0 Å². The summed E-state index contributed by atoms with van der Waals surface area (Å²) in [5.41, 5.74) is 11.6. The molecule has 2 aromatic rings. The highest BCUT2D eigenvalue weighted by Crippen LogP contribution is 2.30. The molecule has 1 unspecified atom stereocenters. The summed E-state index contributed by atoms with van der Waals surface area (Å²) in [6.45, 7) is 4.16. The van der Waals surface area contributed by atoms with Crippen LogP contribution < -0.4 is 10.6 Å². The molecule has 0 spiro atoms. The molecule has 1 heterocycles. The molecule has 0 fully saturated rings. The molecule has 1 aliphatic heterocycles. The molecule has 2 aromatic carbocycles. The van der Waals surface area contributed by atoms with Crippen molar-refractivity contribution in [1.29, 1.82) is 0 Å². The minimum atomic E-state index is 0.0446. The lowest BCUT2D eigenvalue weighted by Crippen LogP contribution is -2.28. The fraction of sp³-hybridized carbons (Fsp3) is 0.333. The van der Waals surface area contributed by atoms with Crippen LogP contribution in [0.5, 0.6) is 0 Å². The molecule has 1 atom stereocenters. The van der Waals surface area contributed by atoms with Gasteiger partial charge in [-0.25, -0.2) is 0 Å². The number of nitrogens with zero attached hydrogens (tertiary/aromatic N) is 1. The quantitative estimate of drug-likeness (QED) is 0.889. The van der Waals surface area contributed by atoms with E-state index in [0.29, 0.717) is 0 Å². The molecule has 0 amide bonds. The van der Waals surface area contributed by atoms with Gasteiger partial charge in [-0.3, -0.25) is 0 Å². The van der Waals surface area contributed by atoms with Crippen LogP contribution in [0.4, 0.5) is 5.69 Å². The number of hydrogen-bond donors (Lipinski definition) is 1. The normalized spacial score (nSPS) is 16.2. The summed E-state index contributed by atoms with van der Waals surface area (Å²) in [5, 5.41) is 0. The van der Waals surface area contributed by atoms with Crippen LogP contribution >= 0.6 is 15.9 Å². The smallest absolute Gasteiger partial charge is 0.0415 e. The van der Waals surface area contributed by atoms with Gasteiger partial charge in [0.15, 0.2) is 0 Å². The van der Waals surface area contributed by atoms with Crippen molar-refractivity contribution in [3.05, 3.63) is 63.6 Å². The average molecular weight is 345 g/mol. The molecule has 3 heteroatoms. The van der Waals surface area contributed by atoms with Crippen molar-refractivity contribution < 1.29 is 0 Å². The van der Waals surface area contributed by atoms with Gasteiger partial charge in [-0.15, -0.1) is 0 Å². The van der Waals surface area contributed by atoms with Crippen LogP contribution in [0.2, 0.25) is 0 Å². The minimum Gasteiger partial charge on any atom is -0.371 e. The first-order valence-corrected chi connectivity index (χ1v) is 8.31. The summed E-state index contributed by atoms with van der Waals surface area (Å²) in [6.07, 6.45) is 2.20. The maximum Gasteiger partial charge on any atom is 0.0415 e. The summed E-state index contributed by atoms with van der Waals surface area (Å²) in [7, 11) is 0. The Bertz CT molecular complexity index is 610. The summed E-state index contributed by atoms with van der Waals surface area (Å²) >= 11 is 3.55. The van der Waals surface area contributed by atoms with Gasteiger partial charge in [0.05, 0.1) is 0 Å². The van der Waals surface area contributed by atoms with Crippen molar-refractivity contribution in [2.24, 2.45) is 5.73 Å². The van der Waals surface area contributed by atoms with Crippen molar-refractivity contribution in [3.63, 3.8) is 0 Å². The van der Waals surface area contributed by atoms with Crippen molar-refractivity contribution in [2.75, 3.05) is 18.0 Å². The molecule has 0 saturated carbocycles. The fourth-order valence-corrected chi connectivity index (χ4v) is 3.47. The van der Waals surface area contributed by atoms with Gasteiger partial charge < -0.3 is 10.6 Å². The van der Waals surface area contributed by atoms with Crippen LogP contribution in [0.15, 0.2) is 46.9 Å². The first kappa shape index (κ1) is 14.6. The summed E-state index contributed by atoms with van der Waals surface area (Å²) in [4.78, 5) is 2.48. The molecule has 0 radical (unpaired) electrons. The Balaban J connectivity index is 1.89. The van der Waals surface area contributed by atoms with Crippen molar-refractivity contribution >= 4 is 21.6 Å². The van der Waals surface area contributed by atoms with Gasteiger partial charge in [-0.2, -0.15) is 0 Å². The highest BCUT2D eigenvalue weighted by atomic mass is 79.9. The predicted octanol–water partition coefficient (Wildman–Crippen LogP) is 4.07. The fourth-order valence-electron chi connectivity index (χ4n) is 3.09. The minimum absolute atomic E-state index is 0.0446. The van der Waals surface area contributed by atoms with E-state index in [4.69, 9.17) is 5.73 Å². The summed E-state index contributed by atoms with van der Waals surface area (Å²) < 4.78 is 1.09. The standard InChI is InChI=1S/C18H21BrN2/c1-13(20)17-12-16(19)6-7-18(17)21-10-8-14-4-2-3-5-15(14)9-11-21/h2-7,12-13H,8-11,20H2,1H3. The molecule has 0 bridgehead atoms. The number of nitrogens with two attached hydrogens (primary N) is 1. The molecule has 110 valence electrons. The van der Waals surface area contributed by atoms with E-state index in [0.717, 1.165) is 30.4 Å². The number of benzene rings is 2. The molecule has 0 saturated heterocycles. The lowest BCUT2D eigenvalue weighted by atomic mass is 10.0. The van der Waals surface area contributed by atoms with Gasteiger partial charge in [0.2, 0.25) is 0 Å². The van der Waals surface area contributed by atoms with Gasteiger partial charge in [-0.05, 0) is 54.7 Å². The maximum absolute atomic E-state index is 6.17. The Morgan fingerprint density at radius 3 is 2.24 bits per heavy atom. The SMILES string of the molecule is CC(N)c1cc(Br)ccc1N1CCc2ccccc2CC1. The lowest BCUT2D eigenvalue weighted by Gasteiger charge is -2.27. The van der Waals surface area contributed by atoms with Gasteiger partial charge in [0.1, 0.15) is 0 Å². The summed E-state index contributed by atoms with van der Waals surface area (Å²) in [6, 6.07) is 15.3.